The van der Waals surface area contributed by atoms with E-state index in [2.05, 4.69) is 104 Å². The second kappa shape index (κ2) is 15.9. The van der Waals surface area contributed by atoms with E-state index < -0.39 is 31.9 Å². The number of imidazole rings is 1. The Morgan fingerprint density at radius 2 is 1.34 bits per heavy atom. The molecule has 320 valence electrons. The van der Waals surface area contributed by atoms with Crippen molar-refractivity contribution in [2.45, 2.75) is 66.0 Å². The van der Waals surface area contributed by atoms with Gasteiger partial charge >= 0.3 is 360 Å². The summed E-state index contributed by atoms with van der Waals surface area (Å²) in [6.45, 7) is 11.5. The Balaban J connectivity index is 1.17. The number of hydrogen-bond acceptors (Lipinski definition) is 4. The van der Waals surface area contributed by atoms with Crippen LogP contribution in [0.3, 0.4) is 0 Å². The first-order valence-corrected chi connectivity index (χ1v) is 22.4. The summed E-state index contributed by atoms with van der Waals surface area (Å²) in [6.07, 6.45) is 3.28. The molecule has 0 amide bonds. The molecule has 1 aliphatic rings. The minimum atomic E-state index is -2.48. The standard InChI is InChI=1S/C55H51BN6O.Pt/c1-37-26-28-57-52(30-37)61-51-35-44(24-25-47(51)48-27-29-58-62(48)56(61)8)63-43-19-14-18-42(34-43)59-36-60(50-23-13-12-22-49(50)59)53-45(38-16-10-9-11-17-38)20-15-21-46(53)39-31-40(54(2,3)4)33-41(32-39)55(5,6)7;/h9-35H,1-8H3;/i8D3,9D,10D,11D,16D,17D;. The van der Waals surface area contributed by atoms with Gasteiger partial charge in [-0.05, 0) is 18.6 Å². The molecule has 0 atom stereocenters. The van der Waals surface area contributed by atoms with E-state index in [1.165, 1.54) is 4.59 Å². The SMILES string of the molecule is [2H]c1c([2H])c([2H])c(-c2cccc(-c3cc(C(C)(C)C)cc(C(C)(C)C)c3)c2-n2[c](=[Pt])n(-c3cccc(Oc4ccc5c(c4)N(c4cc(C)ccn4)B(C([2H])([2H])[2H])n4nccc4-5)c3)c3ccccc32)c([2H])c1[2H]. The van der Waals surface area contributed by atoms with Crippen molar-refractivity contribution < 1.29 is 35.1 Å². The van der Waals surface area contributed by atoms with Crippen LogP contribution in [0.5, 0.6) is 11.5 Å². The minimum absolute atomic E-state index is 0.105. The number of pyridine rings is 1. The molecular formula is C55H51BN6OPt. The Kier molecular flexibility index (Phi) is 8.24. The maximum absolute atomic E-state index is 9.25. The quantitative estimate of drug-likeness (QED) is 0.149. The van der Waals surface area contributed by atoms with Crippen LogP contribution < -0.4 is 9.55 Å². The van der Waals surface area contributed by atoms with Gasteiger partial charge in [0.25, 0.3) is 0 Å². The topological polar surface area (TPSA) is 53.0 Å². The van der Waals surface area contributed by atoms with Crippen LogP contribution in [0.15, 0.2) is 164 Å². The maximum atomic E-state index is 9.25. The number of ether oxygens (including phenoxy) is 1. The zero-order valence-corrected chi connectivity index (χ0v) is 39.0. The summed E-state index contributed by atoms with van der Waals surface area (Å²) in [5.74, 6) is 1.47. The van der Waals surface area contributed by atoms with E-state index in [0.717, 1.165) is 53.9 Å². The van der Waals surface area contributed by atoms with E-state index in [0.29, 0.717) is 39.9 Å². The van der Waals surface area contributed by atoms with Crippen LogP contribution in [0.2, 0.25) is 6.75 Å². The molecule has 1 aliphatic heterocycles. The van der Waals surface area contributed by atoms with Crippen molar-refractivity contribution in [2.24, 2.45) is 0 Å². The second-order valence-electron chi connectivity index (χ2n) is 18.3. The molecule has 0 unspecified atom stereocenters. The molecule has 3 aromatic heterocycles. The van der Waals surface area contributed by atoms with E-state index >= 15 is 0 Å². The molecule has 0 saturated heterocycles. The fourth-order valence-corrected chi connectivity index (χ4v) is 9.59. The third-order valence-electron chi connectivity index (χ3n) is 11.8. The third-order valence-corrected chi connectivity index (χ3v) is 12.8. The first-order valence-electron chi connectivity index (χ1n) is 25.3. The molecule has 64 heavy (non-hydrogen) atoms. The summed E-state index contributed by atoms with van der Waals surface area (Å²) in [7, 11) is 0. The average molecular weight is 1030 g/mol. The molecule has 6 aromatic carbocycles. The van der Waals surface area contributed by atoms with E-state index in [-0.39, 0.29) is 28.5 Å². The third kappa shape index (κ3) is 7.38. The molecule has 0 N–H and O–H groups in total. The van der Waals surface area contributed by atoms with Gasteiger partial charge in [0.05, 0.1) is 0 Å². The molecule has 9 aromatic rings. The van der Waals surface area contributed by atoms with E-state index in [9.17, 15) is 2.74 Å². The van der Waals surface area contributed by atoms with Gasteiger partial charge in [-0.25, -0.2) is 0 Å². The number of para-hydroxylation sites is 3. The van der Waals surface area contributed by atoms with Crippen molar-refractivity contribution >= 4 is 29.5 Å². The van der Waals surface area contributed by atoms with Crippen molar-refractivity contribution in [1.82, 2.24) is 23.8 Å². The number of anilines is 2. The molecule has 0 aliphatic carbocycles. The molecule has 0 fully saturated rings. The van der Waals surface area contributed by atoms with Gasteiger partial charge < -0.3 is 0 Å². The Hall–Kier alpha value is -6.50. The van der Waals surface area contributed by atoms with Crippen molar-refractivity contribution in [3.8, 4) is 56.4 Å². The van der Waals surface area contributed by atoms with Gasteiger partial charge in [0, 0.05) is 16.5 Å². The zero-order chi connectivity index (χ0) is 51.3. The van der Waals surface area contributed by atoms with Crippen LogP contribution in [-0.4, -0.2) is 30.8 Å². The Bertz CT molecular complexity index is 3660. The van der Waals surface area contributed by atoms with Gasteiger partial charge in [-0.2, -0.15) is 5.10 Å². The van der Waals surface area contributed by atoms with E-state index in [4.69, 9.17) is 13.0 Å². The van der Waals surface area contributed by atoms with Crippen LogP contribution in [0, 0.1) is 10.7 Å². The molecule has 10 rings (SSSR count). The summed E-state index contributed by atoms with van der Waals surface area (Å²) in [6, 6.07) is 37.6. The predicted octanol–water partition coefficient (Wildman–Crippen LogP) is 13.9. The van der Waals surface area contributed by atoms with Crippen LogP contribution >= 0.6 is 0 Å². The van der Waals surface area contributed by atoms with Gasteiger partial charge in [0.15, 0.2) is 0 Å². The number of nitrogens with zero attached hydrogens (tertiary/aromatic N) is 6. The molecule has 7 nitrogen and oxygen atoms in total. The predicted molar refractivity (Wildman–Crippen MR) is 260 cm³/mol. The first-order chi connectivity index (χ1) is 34.0. The fourth-order valence-electron chi connectivity index (χ4n) is 8.50. The van der Waals surface area contributed by atoms with Crippen molar-refractivity contribution in [3.05, 3.63) is 184 Å². The first kappa shape index (κ1) is 33.1. The Labute approximate surface area is 398 Å². The zero-order valence-electron chi connectivity index (χ0n) is 44.7. The molecule has 4 heterocycles. The number of aromatic nitrogens is 5. The van der Waals surface area contributed by atoms with Crippen molar-refractivity contribution in [2.75, 3.05) is 4.81 Å². The normalized spacial score (nSPS) is 14.7. The second-order valence-corrected chi connectivity index (χ2v) is 19.3. The molecule has 0 bridgehead atoms. The van der Waals surface area contributed by atoms with Crippen LogP contribution in [-0.2, 0) is 30.2 Å². The Morgan fingerprint density at radius 3 is 2.05 bits per heavy atom. The van der Waals surface area contributed by atoms with E-state index in [1.54, 1.807) is 17.2 Å². The van der Waals surface area contributed by atoms with Crippen molar-refractivity contribution in [3.63, 3.8) is 0 Å². The van der Waals surface area contributed by atoms with Gasteiger partial charge in [0.2, 0.25) is 0 Å². The molecule has 0 radical (unpaired) electrons. The van der Waals surface area contributed by atoms with Crippen LogP contribution in [0.25, 0.3) is 55.9 Å². The summed E-state index contributed by atoms with van der Waals surface area (Å²) >= 11 is 2.32. The monoisotopic (exact) mass is 1030 g/mol. The molecule has 0 spiro atoms. The number of hydrogen-bond donors (Lipinski definition) is 0. The number of benzene rings is 6. The van der Waals surface area contributed by atoms with E-state index in [1.807, 2.05) is 104 Å². The summed E-state index contributed by atoms with van der Waals surface area (Å²) in [4.78, 5) is 6.35. The number of aryl methyl sites for hydroxylation is 1. The number of fused-ring (bicyclic) bond motifs is 4. The summed E-state index contributed by atoms with van der Waals surface area (Å²) in [5.41, 5.74) is 10.3. The van der Waals surface area contributed by atoms with Crippen LogP contribution in [0.4, 0.5) is 11.5 Å². The summed E-state index contributed by atoms with van der Waals surface area (Å²) in [5, 5.41) is 4.47. The number of rotatable bonds is 7. The van der Waals surface area contributed by atoms with Crippen LogP contribution in [0.1, 0.15) is 69.2 Å². The molecule has 9 heteroatoms. The fraction of sp³-hybridized carbons (Fsp3) is 0.182. The average Bonchev–Trinajstić information content (AvgIpc) is 3.93. The van der Waals surface area contributed by atoms with Gasteiger partial charge in [0.1, 0.15) is 0 Å². The van der Waals surface area contributed by atoms with Gasteiger partial charge in [-0.3, -0.25) is 0 Å². The van der Waals surface area contributed by atoms with Gasteiger partial charge in [-0.1, -0.05) is 0 Å². The van der Waals surface area contributed by atoms with Gasteiger partial charge in [-0.15, -0.1) is 0 Å². The van der Waals surface area contributed by atoms with Crippen molar-refractivity contribution in [1.29, 1.82) is 0 Å². The Morgan fingerprint density at radius 1 is 0.656 bits per heavy atom. The molecule has 0 saturated carbocycles. The molecular weight excluding hydrogens is 967 g/mol. The summed E-state index contributed by atoms with van der Waals surface area (Å²) < 4.78 is 83.8.